The van der Waals surface area contributed by atoms with Crippen LogP contribution in [0.25, 0.3) is 0 Å². The summed E-state index contributed by atoms with van der Waals surface area (Å²) < 4.78 is 10.5. The monoisotopic (exact) mass is 348 g/mol. The molecule has 1 aromatic carbocycles. The standard InChI is InChI=1S/C20H30N2O3/c1-24-18-12-17(13-19(25-2)20(18)23)15-22-10-8-21(9-11-22)14-16-6-4-3-5-7-16/h3-4,12-13,16,23H,5-11,14-15H2,1-2H3/p+2/t16-/m0/s1. The van der Waals surface area contributed by atoms with Gasteiger partial charge in [0.2, 0.25) is 5.75 Å². The average Bonchev–Trinajstić information content (AvgIpc) is 2.65. The third-order valence-corrected chi connectivity index (χ3v) is 5.61. The molecule has 0 amide bonds. The Morgan fingerprint density at radius 2 is 1.64 bits per heavy atom. The van der Waals surface area contributed by atoms with E-state index in [0.717, 1.165) is 18.0 Å². The van der Waals surface area contributed by atoms with Crippen molar-refractivity contribution in [1.82, 2.24) is 0 Å². The number of benzene rings is 1. The fourth-order valence-electron chi connectivity index (χ4n) is 4.13. The molecule has 25 heavy (non-hydrogen) atoms. The van der Waals surface area contributed by atoms with Crippen molar-refractivity contribution in [3.05, 3.63) is 29.8 Å². The minimum atomic E-state index is 0.0829. The van der Waals surface area contributed by atoms with Crippen LogP contribution in [0.15, 0.2) is 24.3 Å². The van der Waals surface area contributed by atoms with Crippen molar-refractivity contribution in [2.24, 2.45) is 5.92 Å². The van der Waals surface area contributed by atoms with E-state index in [9.17, 15) is 5.11 Å². The summed E-state index contributed by atoms with van der Waals surface area (Å²) in [6, 6.07) is 3.86. The summed E-state index contributed by atoms with van der Waals surface area (Å²) in [7, 11) is 3.15. The van der Waals surface area contributed by atoms with E-state index < -0.39 is 0 Å². The fraction of sp³-hybridized carbons (Fsp3) is 0.600. The molecule has 3 rings (SSSR count). The molecule has 138 valence electrons. The topological polar surface area (TPSA) is 47.6 Å². The maximum atomic E-state index is 10.0. The van der Waals surface area contributed by atoms with Crippen LogP contribution in [0.1, 0.15) is 24.8 Å². The highest BCUT2D eigenvalue weighted by atomic mass is 16.5. The molecule has 1 saturated heterocycles. The Bertz CT molecular complexity index is 570. The van der Waals surface area contributed by atoms with Crippen molar-refractivity contribution in [2.75, 3.05) is 46.9 Å². The molecule has 1 fully saturated rings. The van der Waals surface area contributed by atoms with Crippen molar-refractivity contribution in [1.29, 1.82) is 0 Å². The second-order valence-electron chi connectivity index (χ2n) is 7.38. The number of hydrogen-bond donors (Lipinski definition) is 3. The van der Waals surface area contributed by atoms with Crippen molar-refractivity contribution in [3.8, 4) is 17.2 Å². The molecule has 1 heterocycles. The third-order valence-electron chi connectivity index (χ3n) is 5.61. The average molecular weight is 348 g/mol. The number of hydrogen-bond acceptors (Lipinski definition) is 3. The van der Waals surface area contributed by atoms with Crippen LogP contribution in [0, 0.1) is 5.92 Å². The number of phenolic OH excluding ortho intramolecular Hbond substituents is 1. The Morgan fingerprint density at radius 3 is 2.20 bits per heavy atom. The number of phenols is 1. The van der Waals surface area contributed by atoms with E-state index >= 15 is 0 Å². The predicted molar refractivity (Wildman–Crippen MR) is 97.7 cm³/mol. The predicted octanol–water partition coefficient (Wildman–Crippen LogP) is 0.0491. The number of allylic oxidation sites excluding steroid dienone is 2. The third kappa shape index (κ3) is 4.67. The van der Waals surface area contributed by atoms with Gasteiger partial charge in [0.1, 0.15) is 32.7 Å². The normalized spacial score (nSPS) is 26.4. The van der Waals surface area contributed by atoms with Crippen LogP contribution in [0.4, 0.5) is 0 Å². The molecule has 0 bridgehead atoms. The highest BCUT2D eigenvalue weighted by Crippen LogP contribution is 2.36. The number of nitrogens with one attached hydrogen (secondary N) is 2. The molecule has 1 aliphatic carbocycles. The van der Waals surface area contributed by atoms with Gasteiger partial charge in [0.25, 0.3) is 0 Å². The molecule has 1 atom stereocenters. The van der Waals surface area contributed by atoms with E-state index in [4.69, 9.17) is 9.47 Å². The molecule has 0 spiro atoms. The summed E-state index contributed by atoms with van der Waals surface area (Å²) in [5.74, 6) is 1.94. The van der Waals surface area contributed by atoms with Crippen LogP contribution < -0.4 is 19.3 Å². The molecule has 0 aromatic heterocycles. The number of piperazine rings is 1. The Labute approximate surface area is 150 Å². The Hall–Kier alpha value is -1.72. The minimum absolute atomic E-state index is 0.0829. The number of ether oxygens (including phenoxy) is 2. The lowest BCUT2D eigenvalue weighted by Gasteiger charge is -2.32. The Kier molecular flexibility index (Phi) is 6.21. The van der Waals surface area contributed by atoms with Gasteiger partial charge in [0.15, 0.2) is 11.5 Å². The zero-order chi connectivity index (χ0) is 17.6. The molecule has 3 N–H and O–H groups in total. The van der Waals surface area contributed by atoms with E-state index in [0.29, 0.717) is 11.5 Å². The molecule has 2 aliphatic rings. The second kappa shape index (κ2) is 8.59. The summed E-state index contributed by atoms with van der Waals surface area (Å²) >= 11 is 0. The lowest BCUT2D eigenvalue weighted by molar-refractivity contribution is -1.02. The number of quaternary nitrogens is 2. The van der Waals surface area contributed by atoms with Crippen molar-refractivity contribution in [2.45, 2.75) is 25.8 Å². The number of aromatic hydroxyl groups is 1. The zero-order valence-electron chi connectivity index (χ0n) is 15.5. The first kappa shape index (κ1) is 18.1. The molecule has 5 nitrogen and oxygen atoms in total. The van der Waals surface area contributed by atoms with Crippen LogP contribution in [0.2, 0.25) is 0 Å². The summed E-state index contributed by atoms with van der Waals surface area (Å²) in [6.07, 6.45) is 8.59. The van der Waals surface area contributed by atoms with Gasteiger partial charge in [-0.25, -0.2) is 0 Å². The lowest BCUT2D eigenvalue weighted by atomic mass is 9.94. The molecule has 0 unspecified atom stereocenters. The van der Waals surface area contributed by atoms with Gasteiger partial charge in [-0.15, -0.1) is 0 Å². The Balaban J connectivity index is 1.52. The van der Waals surface area contributed by atoms with Crippen LogP contribution in [0.5, 0.6) is 17.2 Å². The van der Waals surface area contributed by atoms with Crippen LogP contribution >= 0.6 is 0 Å². The van der Waals surface area contributed by atoms with Gasteiger partial charge < -0.3 is 24.4 Å². The zero-order valence-corrected chi connectivity index (χ0v) is 15.5. The van der Waals surface area contributed by atoms with E-state index in [1.54, 1.807) is 24.0 Å². The van der Waals surface area contributed by atoms with Gasteiger partial charge in [-0.05, 0) is 31.4 Å². The largest absolute Gasteiger partial charge is 0.502 e. The molecule has 1 aliphatic heterocycles. The summed E-state index contributed by atoms with van der Waals surface area (Å²) in [5.41, 5.74) is 1.15. The summed E-state index contributed by atoms with van der Waals surface area (Å²) in [5, 5.41) is 10.0. The second-order valence-corrected chi connectivity index (χ2v) is 7.38. The van der Waals surface area contributed by atoms with Crippen molar-refractivity contribution >= 4 is 0 Å². The molecule has 5 heteroatoms. The molecule has 0 saturated carbocycles. The van der Waals surface area contributed by atoms with Gasteiger partial charge in [-0.2, -0.15) is 0 Å². The maximum Gasteiger partial charge on any atom is 0.200 e. The smallest absolute Gasteiger partial charge is 0.200 e. The summed E-state index contributed by atoms with van der Waals surface area (Å²) in [4.78, 5) is 3.37. The first-order chi connectivity index (χ1) is 12.2. The van der Waals surface area contributed by atoms with Crippen LogP contribution in [-0.4, -0.2) is 52.0 Å². The lowest BCUT2D eigenvalue weighted by Crippen LogP contribution is -3.27. The van der Waals surface area contributed by atoms with Crippen LogP contribution in [0.3, 0.4) is 0 Å². The van der Waals surface area contributed by atoms with E-state index in [1.165, 1.54) is 52.0 Å². The Morgan fingerprint density at radius 1 is 1.00 bits per heavy atom. The van der Waals surface area contributed by atoms with Gasteiger partial charge in [0.05, 0.1) is 20.8 Å². The SMILES string of the molecule is COc1cc(C[NH+]2CC[NH+](C[C@H]3CC=CCC3)CC2)cc(OC)c1O. The fourth-order valence-corrected chi connectivity index (χ4v) is 4.13. The molecule has 1 aromatic rings. The van der Waals surface area contributed by atoms with E-state index in [2.05, 4.69) is 12.2 Å². The first-order valence-electron chi connectivity index (χ1n) is 9.45. The molecule has 0 radical (unpaired) electrons. The highest BCUT2D eigenvalue weighted by molar-refractivity contribution is 5.52. The quantitative estimate of drug-likeness (QED) is 0.637. The van der Waals surface area contributed by atoms with Gasteiger partial charge in [-0.3, -0.25) is 0 Å². The van der Waals surface area contributed by atoms with E-state index in [-0.39, 0.29) is 5.75 Å². The molecular formula is C20H32N2O3+2. The minimum Gasteiger partial charge on any atom is -0.502 e. The van der Waals surface area contributed by atoms with E-state index in [1.807, 2.05) is 12.1 Å². The number of methoxy groups -OCH3 is 2. The van der Waals surface area contributed by atoms with Crippen molar-refractivity contribution in [3.63, 3.8) is 0 Å². The van der Waals surface area contributed by atoms with Crippen molar-refractivity contribution < 1.29 is 24.4 Å². The first-order valence-corrected chi connectivity index (χ1v) is 9.45. The highest BCUT2D eigenvalue weighted by Gasteiger charge is 2.26. The van der Waals surface area contributed by atoms with Gasteiger partial charge in [0, 0.05) is 11.5 Å². The van der Waals surface area contributed by atoms with Crippen LogP contribution in [-0.2, 0) is 6.54 Å². The maximum absolute atomic E-state index is 10.0. The summed E-state index contributed by atoms with van der Waals surface area (Å²) in [6.45, 7) is 7.18. The number of rotatable bonds is 6. The van der Waals surface area contributed by atoms with Gasteiger partial charge in [-0.1, -0.05) is 12.2 Å². The van der Waals surface area contributed by atoms with Gasteiger partial charge >= 0.3 is 0 Å². The molecular weight excluding hydrogens is 316 g/mol.